The van der Waals surface area contributed by atoms with E-state index in [1.807, 2.05) is 36.4 Å². The van der Waals surface area contributed by atoms with Crippen molar-refractivity contribution in [2.24, 2.45) is 11.7 Å². The van der Waals surface area contributed by atoms with Crippen LogP contribution in [0.5, 0.6) is 5.75 Å². The summed E-state index contributed by atoms with van der Waals surface area (Å²) in [6, 6.07) is 13.6. The number of aromatic nitrogens is 2. The molecule has 0 aliphatic heterocycles. The topological polar surface area (TPSA) is 84.1 Å². The van der Waals surface area contributed by atoms with Gasteiger partial charge in [0.25, 0.3) is 0 Å². The maximum Gasteiger partial charge on any atom is 0.165 e. The van der Waals surface area contributed by atoms with Crippen molar-refractivity contribution < 1.29 is 5.11 Å². The summed E-state index contributed by atoms with van der Waals surface area (Å²) >= 11 is 0. The van der Waals surface area contributed by atoms with Gasteiger partial charge in [-0.15, -0.1) is 0 Å². The predicted octanol–water partition coefficient (Wildman–Crippen LogP) is 5.09. The number of anilines is 1. The minimum Gasteiger partial charge on any atom is -0.507 e. The Morgan fingerprint density at radius 3 is 2.48 bits per heavy atom. The molecule has 154 valence electrons. The van der Waals surface area contributed by atoms with Crippen LogP contribution in [0.15, 0.2) is 42.5 Å². The molecule has 1 aromatic heterocycles. The summed E-state index contributed by atoms with van der Waals surface area (Å²) in [5, 5.41) is 14.9. The Bertz CT molecular complexity index is 992. The fraction of sp³-hybridized carbons (Fsp3) is 0.417. The maximum absolute atomic E-state index is 10.5. The van der Waals surface area contributed by atoms with Crippen LogP contribution in [-0.4, -0.2) is 27.7 Å². The van der Waals surface area contributed by atoms with E-state index in [9.17, 15) is 5.11 Å². The van der Waals surface area contributed by atoms with Gasteiger partial charge in [0.2, 0.25) is 0 Å². The molecule has 0 bridgehead atoms. The van der Waals surface area contributed by atoms with Crippen LogP contribution in [0.2, 0.25) is 0 Å². The van der Waals surface area contributed by atoms with Gasteiger partial charge in [-0.25, -0.2) is 9.97 Å². The number of benzene rings is 2. The molecule has 3 aromatic rings. The van der Waals surface area contributed by atoms with Gasteiger partial charge in [-0.2, -0.15) is 0 Å². The Kier molecular flexibility index (Phi) is 6.08. The number of nitrogens with two attached hydrogens (primary N) is 1. The van der Waals surface area contributed by atoms with Crippen molar-refractivity contribution >= 4 is 16.7 Å². The van der Waals surface area contributed by atoms with Gasteiger partial charge in [0.1, 0.15) is 11.6 Å². The van der Waals surface area contributed by atoms with Gasteiger partial charge >= 0.3 is 0 Å². The number of rotatable bonds is 6. The minimum atomic E-state index is -0.0377. The van der Waals surface area contributed by atoms with Crippen LogP contribution in [0, 0.1) is 5.92 Å². The van der Waals surface area contributed by atoms with Crippen molar-refractivity contribution in [2.45, 2.75) is 52.5 Å². The summed E-state index contributed by atoms with van der Waals surface area (Å²) in [5.74, 6) is 1.97. The minimum absolute atomic E-state index is 0.0377. The van der Waals surface area contributed by atoms with Crippen molar-refractivity contribution in [3.05, 3.63) is 48.0 Å². The Balaban J connectivity index is 2.04. The Labute approximate surface area is 173 Å². The van der Waals surface area contributed by atoms with Gasteiger partial charge in [0.15, 0.2) is 5.82 Å². The molecular formula is C24H32N4O. The zero-order valence-electron chi connectivity index (χ0n) is 18.0. The van der Waals surface area contributed by atoms with Crippen molar-refractivity contribution in [1.82, 2.24) is 9.97 Å². The van der Waals surface area contributed by atoms with Crippen LogP contribution in [-0.2, 0) is 5.41 Å². The number of nitrogens with one attached hydrogen (secondary N) is 1. The van der Waals surface area contributed by atoms with Gasteiger partial charge in [0, 0.05) is 18.0 Å². The number of aromatic hydroxyl groups is 1. The highest BCUT2D eigenvalue weighted by Gasteiger charge is 2.18. The molecule has 1 unspecified atom stereocenters. The molecule has 5 nitrogen and oxygen atoms in total. The molecule has 3 rings (SSSR count). The van der Waals surface area contributed by atoms with E-state index in [-0.39, 0.29) is 17.2 Å². The zero-order chi connectivity index (χ0) is 21.2. The zero-order valence-corrected chi connectivity index (χ0v) is 18.0. The molecule has 5 heteroatoms. The standard InChI is InChI=1S/C24H32N4O/c1-15(2)12-17(25)14-26-22-18-8-6-7-9-20(18)27-23(28-22)19-13-16(24(3,4)5)10-11-21(19)29/h6-11,13,15,17,29H,12,14,25H2,1-5H3,(H,26,27,28). The van der Waals surface area contributed by atoms with Crippen molar-refractivity contribution in [3.8, 4) is 17.1 Å². The SMILES string of the molecule is CC(C)CC(N)CNc1nc(-c2cc(C(C)(C)C)ccc2O)nc2ccccc12. The van der Waals surface area contributed by atoms with Crippen LogP contribution in [0.1, 0.15) is 46.6 Å². The Morgan fingerprint density at radius 2 is 1.79 bits per heavy atom. The Hall–Kier alpha value is -2.66. The molecule has 0 aliphatic carbocycles. The van der Waals surface area contributed by atoms with E-state index in [2.05, 4.69) is 39.9 Å². The van der Waals surface area contributed by atoms with Gasteiger partial charge in [0.05, 0.1) is 11.1 Å². The van der Waals surface area contributed by atoms with Gasteiger partial charge in [-0.05, 0) is 47.6 Å². The lowest BCUT2D eigenvalue weighted by atomic mass is 9.86. The fourth-order valence-electron chi connectivity index (χ4n) is 3.43. The number of nitrogens with zero attached hydrogens (tertiary/aromatic N) is 2. The number of phenolic OH excluding ortho intramolecular Hbond substituents is 1. The molecule has 29 heavy (non-hydrogen) atoms. The molecule has 0 fully saturated rings. The molecule has 0 amide bonds. The summed E-state index contributed by atoms with van der Waals surface area (Å²) in [6.07, 6.45) is 0.942. The molecule has 0 radical (unpaired) electrons. The third kappa shape index (κ3) is 5.04. The van der Waals surface area contributed by atoms with Crippen LogP contribution in [0.3, 0.4) is 0 Å². The lowest BCUT2D eigenvalue weighted by Crippen LogP contribution is -2.30. The molecule has 1 atom stereocenters. The normalized spacial score (nSPS) is 13.1. The predicted molar refractivity (Wildman–Crippen MR) is 121 cm³/mol. The first-order valence-electron chi connectivity index (χ1n) is 10.2. The van der Waals surface area contributed by atoms with E-state index in [0.29, 0.717) is 23.9 Å². The first kappa shape index (κ1) is 21.1. The molecule has 0 saturated heterocycles. The fourth-order valence-corrected chi connectivity index (χ4v) is 3.43. The van der Waals surface area contributed by atoms with Gasteiger partial charge < -0.3 is 16.2 Å². The van der Waals surface area contributed by atoms with E-state index in [4.69, 9.17) is 15.7 Å². The largest absolute Gasteiger partial charge is 0.507 e. The lowest BCUT2D eigenvalue weighted by molar-refractivity contribution is 0.475. The molecule has 0 spiro atoms. The summed E-state index contributed by atoms with van der Waals surface area (Å²) in [4.78, 5) is 9.49. The number of para-hydroxylation sites is 1. The van der Waals surface area contributed by atoms with E-state index < -0.39 is 0 Å². The number of fused-ring (bicyclic) bond motifs is 1. The van der Waals surface area contributed by atoms with Gasteiger partial charge in [-0.3, -0.25) is 0 Å². The lowest BCUT2D eigenvalue weighted by Gasteiger charge is -2.20. The molecule has 2 aromatic carbocycles. The quantitative estimate of drug-likeness (QED) is 0.544. The number of hydrogen-bond acceptors (Lipinski definition) is 5. The van der Waals surface area contributed by atoms with E-state index in [0.717, 1.165) is 28.7 Å². The summed E-state index contributed by atoms with van der Waals surface area (Å²) < 4.78 is 0. The van der Waals surface area contributed by atoms with E-state index in [1.54, 1.807) is 6.07 Å². The second kappa shape index (κ2) is 8.37. The first-order valence-corrected chi connectivity index (χ1v) is 10.2. The van der Waals surface area contributed by atoms with Crippen molar-refractivity contribution in [1.29, 1.82) is 0 Å². The third-order valence-corrected chi connectivity index (χ3v) is 5.01. The second-order valence-corrected chi connectivity index (χ2v) is 9.17. The molecular weight excluding hydrogens is 360 g/mol. The monoisotopic (exact) mass is 392 g/mol. The maximum atomic E-state index is 10.5. The second-order valence-electron chi connectivity index (χ2n) is 9.17. The third-order valence-electron chi connectivity index (χ3n) is 5.01. The summed E-state index contributed by atoms with van der Waals surface area (Å²) in [7, 11) is 0. The molecule has 4 N–H and O–H groups in total. The van der Waals surface area contributed by atoms with Crippen LogP contribution >= 0.6 is 0 Å². The van der Waals surface area contributed by atoms with Crippen LogP contribution < -0.4 is 11.1 Å². The highest BCUT2D eigenvalue weighted by molar-refractivity contribution is 5.91. The van der Waals surface area contributed by atoms with E-state index in [1.165, 1.54) is 0 Å². The van der Waals surface area contributed by atoms with Crippen molar-refractivity contribution in [3.63, 3.8) is 0 Å². The van der Waals surface area contributed by atoms with E-state index >= 15 is 0 Å². The average molecular weight is 393 g/mol. The Morgan fingerprint density at radius 1 is 1.07 bits per heavy atom. The van der Waals surface area contributed by atoms with Gasteiger partial charge in [-0.1, -0.05) is 52.8 Å². The smallest absolute Gasteiger partial charge is 0.165 e. The highest BCUT2D eigenvalue weighted by atomic mass is 16.3. The number of hydrogen-bond donors (Lipinski definition) is 3. The van der Waals surface area contributed by atoms with Crippen LogP contribution in [0.4, 0.5) is 5.82 Å². The molecule has 1 heterocycles. The highest BCUT2D eigenvalue weighted by Crippen LogP contribution is 2.34. The molecule has 0 aliphatic rings. The summed E-state index contributed by atoms with van der Waals surface area (Å²) in [6.45, 7) is 11.4. The number of phenols is 1. The van der Waals surface area contributed by atoms with Crippen molar-refractivity contribution in [2.75, 3.05) is 11.9 Å². The summed E-state index contributed by atoms with van der Waals surface area (Å²) in [5.41, 5.74) is 8.81. The van der Waals surface area contributed by atoms with Crippen LogP contribution in [0.25, 0.3) is 22.3 Å². The molecule has 0 saturated carbocycles. The first-order chi connectivity index (χ1) is 13.6. The average Bonchev–Trinajstić information content (AvgIpc) is 2.64.